The van der Waals surface area contributed by atoms with Gasteiger partial charge in [-0.15, -0.1) is 0 Å². The highest BCUT2D eigenvalue weighted by molar-refractivity contribution is 7.18. The lowest BCUT2D eigenvalue weighted by atomic mass is 10.2. The third kappa shape index (κ3) is 3.09. The van der Waals surface area contributed by atoms with Crippen LogP contribution < -0.4 is 11.1 Å². The zero-order chi connectivity index (χ0) is 13.0. The number of amides is 1. The quantitative estimate of drug-likeness (QED) is 0.845. The van der Waals surface area contributed by atoms with Crippen molar-refractivity contribution < 1.29 is 4.79 Å². The van der Waals surface area contributed by atoms with E-state index in [2.05, 4.69) is 17.2 Å². The summed E-state index contributed by atoms with van der Waals surface area (Å²) >= 11 is 1.31. The second-order valence-electron chi connectivity index (χ2n) is 3.94. The van der Waals surface area contributed by atoms with Crippen LogP contribution in [0.15, 0.2) is 0 Å². The van der Waals surface area contributed by atoms with Crippen LogP contribution in [0.2, 0.25) is 0 Å². The molecule has 0 aliphatic rings. The molecule has 1 rings (SSSR count). The predicted octanol–water partition coefficient (Wildman–Crippen LogP) is 2.03. The van der Waals surface area contributed by atoms with Gasteiger partial charge in [-0.2, -0.15) is 0 Å². The lowest BCUT2D eigenvalue weighted by molar-refractivity contribution is 0.0746. The van der Waals surface area contributed by atoms with Gasteiger partial charge < -0.3 is 16.0 Å². The summed E-state index contributed by atoms with van der Waals surface area (Å²) in [4.78, 5) is 18.5. The molecule has 17 heavy (non-hydrogen) atoms. The van der Waals surface area contributed by atoms with Gasteiger partial charge in [0.05, 0.1) is 0 Å². The second kappa shape index (κ2) is 5.86. The van der Waals surface area contributed by atoms with Crippen LogP contribution in [0.4, 0.5) is 10.9 Å². The summed E-state index contributed by atoms with van der Waals surface area (Å²) in [5.74, 6) is 0.254. The first-order valence-electron chi connectivity index (χ1n) is 5.78. The van der Waals surface area contributed by atoms with Gasteiger partial charge in [0, 0.05) is 19.6 Å². The molecule has 0 saturated heterocycles. The van der Waals surface area contributed by atoms with Crippen LogP contribution in [-0.4, -0.2) is 35.4 Å². The first-order valence-corrected chi connectivity index (χ1v) is 6.60. The van der Waals surface area contributed by atoms with Crippen molar-refractivity contribution in [3.8, 4) is 0 Å². The number of nitrogens with one attached hydrogen (secondary N) is 1. The number of nitrogens with two attached hydrogens (primary N) is 1. The zero-order valence-electron chi connectivity index (χ0n) is 10.8. The Morgan fingerprint density at radius 3 is 2.76 bits per heavy atom. The summed E-state index contributed by atoms with van der Waals surface area (Å²) in [5.41, 5.74) is 5.76. The Bertz CT molecular complexity index is 391. The molecule has 96 valence electrons. The van der Waals surface area contributed by atoms with Crippen molar-refractivity contribution in [3.63, 3.8) is 0 Å². The summed E-state index contributed by atoms with van der Waals surface area (Å²) in [7, 11) is 1.79. The van der Waals surface area contributed by atoms with E-state index in [9.17, 15) is 4.79 Å². The summed E-state index contributed by atoms with van der Waals surface area (Å²) in [6, 6.07) is 0.201. The average molecular weight is 256 g/mol. The van der Waals surface area contributed by atoms with E-state index < -0.39 is 0 Å². The topological polar surface area (TPSA) is 71.2 Å². The second-order valence-corrected chi connectivity index (χ2v) is 4.94. The van der Waals surface area contributed by atoms with Crippen molar-refractivity contribution in [2.24, 2.45) is 0 Å². The maximum absolute atomic E-state index is 12.2. The Balaban J connectivity index is 2.88. The molecule has 0 aliphatic carbocycles. The molecule has 5 nitrogen and oxygen atoms in total. The van der Waals surface area contributed by atoms with Gasteiger partial charge in [0.2, 0.25) is 0 Å². The first-order chi connectivity index (χ1) is 8.01. The van der Waals surface area contributed by atoms with Crippen molar-refractivity contribution in [3.05, 3.63) is 4.88 Å². The lowest BCUT2D eigenvalue weighted by Crippen LogP contribution is -2.34. The number of nitrogen functional groups attached to an aromatic ring is 1. The van der Waals surface area contributed by atoms with Gasteiger partial charge >= 0.3 is 0 Å². The van der Waals surface area contributed by atoms with Gasteiger partial charge in [-0.3, -0.25) is 4.79 Å². The van der Waals surface area contributed by atoms with Gasteiger partial charge in [0.25, 0.3) is 5.91 Å². The maximum atomic E-state index is 12.2. The third-order valence-corrected chi connectivity index (χ3v) is 3.76. The fraction of sp³-hybridized carbons (Fsp3) is 0.636. The Hall–Kier alpha value is -1.30. The largest absolute Gasteiger partial charge is 0.382 e. The van der Waals surface area contributed by atoms with Crippen LogP contribution in [0.1, 0.15) is 36.9 Å². The van der Waals surface area contributed by atoms with E-state index in [1.54, 1.807) is 11.9 Å². The Morgan fingerprint density at radius 2 is 2.24 bits per heavy atom. The van der Waals surface area contributed by atoms with Gasteiger partial charge in [-0.1, -0.05) is 18.3 Å². The molecular formula is C11H20N4OS. The van der Waals surface area contributed by atoms with Crippen LogP contribution in [0, 0.1) is 0 Å². The van der Waals surface area contributed by atoms with Crippen LogP contribution in [0.25, 0.3) is 0 Å². The van der Waals surface area contributed by atoms with E-state index in [4.69, 9.17) is 5.73 Å². The van der Waals surface area contributed by atoms with Crippen LogP contribution in [0.5, 0.6) is 0 Å². The Morgan fingerprint density at radius 1 is 1.59 bits per heavy atom. The van der Waals surface area contributed by atoms with Crippen molar-refractivity contribution >= 4 is 28.2 Å². The molecule has 6 heteroatoms. The average Bonchev–Trinajstić information content (AvgIpc) is 2.68. The summed E-state index contributed by atoms with van der Waals surface area (Å²) in [6.07, 6.45) is 0.918. The van der Waals surface area contributed by atoms with E-state index in [0.717, 1.165) is 13.0 Å². The minimum Gasteiger partial charge on any atom is -0.382 e. The molecule has 3 N–H and O–H groups in total. The molecule has 0 spiro atoms. The summed E-state index contributed by atoms with van der Waals surface area (Å²) in [5, 5.41) is 3.76. The molecule has 0 aliphatic heterocycles. The number of nitrogens with zero attached hydrogens (tertiary/aromatic N) is 2. The molecule has 0 radical (unpaired) electrons. The van der Waals surface area contributed by atoms with E-state index in [1.807, 2.05) is 13.8 Å². The molecule has 0 fully saturated rings. The van der Waals surface area contributed by atoms with E-state index >= 15 is 0 Å². The van der Waals surface area contributed by atoms with E-state index in [1.165, 1.54) is 11.3 Å². The number of hydrogen-bond donors (Lipinski definition) is 2. The number of hydrogen-bond acceptors (Lipinski definition) is 5. The van der Waals surface area contributed by atoms with Crippen LogP contribution in [-0.2, 0) is 0 Å². The van der Waals surface area contributed by atoms with E-state index in [0.29, 0.717) is 15.8 Å². The molecule has 0 bridgehead atoms. The number of aromatic nitrogens is 1. The van der Waals surface area contributed by atoms with Gasteiger partial charge in [-0.05, 0) is 20.3 Å². The maximum Gasteiger partial charge on any atom is 0.267 e. The highest BCUT2D eigenvalue weighted by atomic mass is 32.1. The summed E-state index contributed by atoms with van der Waals surface area (Å²) in [6.45, 7) is 6.81. The van der Waals surface area contributed by atoms with Crippen molar-refractivity contribution in [1.82, 2.24) is 9.88 Å². The van der Waals surface area contributed by atoms with Crippen LogP contribution >= 0.6 is 11.3 Å². The molecule has 1 heterocycles. The molecule has 1 amide bonds. The molecule has 1 aromatic heterocycles. The molecule has 1 aromatic rings. The van der Waals surface area contributed by atoms with Crippen molar-refractivity contribution in [1.29, 1.82) is 0 Å². The van der Waals surface area contributed by atoms with Gasteiger partial charge in [0.1, 0.15) is 10.7 Å². The summed E-state index contributed by atoms with van der Waals surface area (Å²) < 4.78 is 0. The fourth-order valence-corrected chi connectivity index (χ4v) is 2.28. The monoisotopic (exact) mass is 256 g/mol. The van der Waals surface area contributed by atoms with Crippen molar-refractivity contribution in [2.75, 3.05) is 24.6 Å². The standard InChI is InChI=1S/C11H20N4OS/c1-5-7(3)15(4)10(16)8-9(12)14-11(17-8)13-6-2/h7H,5-6,12H2,1-4H3,(H,13,14). The fourth-order valence-electron chi connectivity index (χ4n) is 1.35. The molecule has 1 unspecified atom stereocenters. The van der Waals surface area contributed by atoms with Gasteiger partial charge in [0.15, 0.2) is 5.13 Å². The predicted molar refractivity (Wildman–Crippen MR) is 72.5 cm³/mol. The zero-order valence-corrected chi connectivity index (χ0v) is 11.6. The minimum atomic E-state index is -0.0569. The highest BCUT2D eigenvalue weighted by Crippen LogP contribution is 2.26. The molecule has 0 aromatic carbocycles. The number of anilines is 2. The SMILES string of the molecule is CCNc1nc(N)c(C(=O)N(C)C(C)CC)s1. The Kier molecular flexibility index (Phi) is 4.74. The normalized spacial score (nSPS) is 12.2. The molecule has 0 saturated carbocycles. The third-order valence-electron chi connectivity index (χ3n) is 2.75. The van der Waals surface area contributed by atoms with E-state index in [-0.39, 0.29) is 11.9 Å². The molecular weight excluding hydrogens is 236 g/mol. The number of rotatable bonds is 5. The van der Waals surface area contributed by atoms with Crippen molar-refractivity contribution in [2.45, 2.75) is 33.2 Å². The number of thiazole rings is 1. The Labute approximate surface area is 106 Å². The number of carbonyl (C=O) groups is 1. The smallest absolute Gasteiger partial charge is 0.267 e. The lowest BCUT2D eigenvalue weighted by Gasteiger charge is -2.23. The van der Waals surface area contributed by atoms with Gasteiger partial charge in [-0.25, -0.2) is 4.98 Å². The first kappa shape index (κ1) is 13.8. The van der Waals surface area contributed by atoms with Crippen LogP contribution in [0.3, 0.4) is 0 Å². The number of carbonyl (C=O) groups excluding carboxylic acids is 1. The minimum absolute atomic E-state index is 0.0569. The highest BCUT2D eigenvalue weighted by Gasteiger charge is 2.22. The molecule has 1 atom stereocenters.